The lowest BCUT2D eigenvalue weighted by Gasteiger charge is -2.49. The third kappa shape index (κ3) is 6.38. The molecule has 4 aliphatic rings. The van der Waals surface area contributed by atoms with Gasteiger partial charge in [-0.15, -0.1) is 3.89 Å². The van der Waals surface area contributed by atoms with Gasteiger partial charge in [0.1, 0.15) is 6.79 Å². The second-order valence-corrected chi connectivity index (χ2v) is 15.5. The van der Waals surface area contributed by atoms with Crippen LogP contribution < -0.4 is 0 Å². The van der Waals surface area contributed by atoms with Crippen LogP contribution in [0.1, 0.15) is 58.8 Å². The minimum Gasteiger partial charge on any atom is -0.374 e. The number of alkyl halides is 12. The fourth-order valence-electron chi connectivity index (χ4n) is 10.3. The number of hydrogen-bond donors (Lipinski definition) is 1. The van der Waals surface area contributed by atoms with Crippen molar-refractivity contribution in [3.63, 3.8) is 0 Å². The van der Waals surface area contributed by atoms with Crippen LogP contribution in [0.5, 0.6) is 0 Å². The van der Waals surface area contributed by atoms with Crippen LogP contribution in [0.15, 0.2) is 0 Å². The van der Waals surface area contributed by atoms with Crippen molar-refractivity contribution in [2.45, 2.75) is 100.0 Å². The summed E-state index contributed by atoms with van der Waals surface area (Å²) in [6, 6.07) is 0. The zero-order valence-electron chi connectivity index (χ0n) is 25.4. The highest BCUT2D eigenvalue weighted by atomic mass is 32.3. The Bertz CT molecular complexity index is 1200. The average molecular weight is 733 g/mol. The smallest absolute Gasteiger partial charge is 0.374 e. The van der Waals surface area contributed by atoms with E-state index in [-0.39, 0.29) is 32.1 Å². The van der Waals surface area contributed by atoms with Crippen molar-refractivity contribution >= 4 is 10.2 Å². The van der Waals surface area contributed by atoms with Crippen molar-refractivity contribution in [2.24, 2.45) is 59.2 Å². The summed E-state index contributed by atoms with van der Waals surface area (Å²) in [7, 11) is -4.45. The van der Waals surface area contributed by atoms with Gasteiger partial charge < -0.3 is 14.6 Å². The molecule has 0 saturated heterocycles. The summed E-state index contributed by atoms with van der Waals surface area (Å²) < 4.78 is 214. The Morgan fingerprint density at radius 2 is 1.23 bits per heavy atom. The Hall–Kier alpha value is -1.08. The first-order valence-corrected chi connectivity index (χ1v) is 16.7. The number of methoxy groups -OCH3 is 1. The molecule has 11 atom stereocenters. The van der Waals surface area contributed by atoms with Gasteiger partial charge in [0.2, 0.25) is 0 Å². The number of ether oxygens (including phenoxy) is 2. The predicted octanol–water partition coefficient (Wildman–Crippen LogP) is 7.98. The highest BCUT2D eigenvalue weighted by Crippen LogP contribution is 2.69. The van der Waals surface area contributed by atoms with E-state index >= 15 is 0 Å². The molecule has 0 radical (unpaired) electrons. The largest absolute Gasteiger partial charge is 0.426 e. The number of aliphatic hydroxyl groups is 1. The van der Waals surface area contributed by atoms with E-state index in [9.17, 15) is 70.1 Å². The van der Waals surface area contributed by atoms with Gasteiger partial charge >= 0.3 is 34.9 Å². The summed E-state index contributed by atoms with van der Waals surface area (Å²) in [5, 5.41) is 8.17. The van der Waals surface area contributed by atoms with Gasteiger partial charge in [0.15, 0.2) is 0 Å². The van der Waals surface area contributed by atoms with E-state index in [0.29, 0.717) is 0 Å². The molecular weight excluding hydrogens is 695 g/mol. The summed E-state index contributed by atoms with van der Waals surface area (Å²) in [6.45, 7) is 1.48. The second-order valence-electron chi connectivity index (χ2n) is 14.0. The van der Waals surface area contributed by atoms with Crippen molar-refractivity contribution in [2.75, 3.05) is 13.9 Å². The Morgan fingerprint density at radius 1 is 0.745 bits per heavy atom. The Labute approximate surface area is 263 Å². The molecule has 1 N–H and O–H groups in total. The topological polar surface area (TPSA) is 72.8 Å². The molecule has 0 aliphatic heterocycles. The molecule has 0 aromatic carbocycles. The molecule has 4 fully saturated rings. The summed E-state index contributed by atoms with van der Waals surface area (Å²) in [4.78, 5) is 0. The van der Waals surface area contributed by atoms with Crippen LogP contribution in [0, 0.1) is 59.2 Å². The van der Waals surface area contributed by atoms with Crippen molar-refractivity contribution in [1.29, 1.82) is 0 Å². The third-order valence-corrected chi connectivity index (χ3v) is 13.3. The lowest BCUT2D eigenvalue weighted by Crippen LogP contribution is -2.60. The molecule has 0 heterocycles. The molecule has 276 valence electrons. The fraction of sp³-hybridized carbons (Fsp3) is 1.00. The number of halogens is 13. The van der Waals surface area contributed by atoms with Crippen molar-refractivity contribution in [1.82, 2.24) is 0 Å². The molecule has 4 saturated carbocycles. The molecule has 11 unspecified atom stereocenters. The summed E-state index contributed by atoms with van der Waals surface area (Å²) in [5.41, 5.74) is -9.67. The highest BCUT2D eigenvalue weighted by molar-refractivity contribution is 7.87. The van der Waals surface area contributed by atoms with Crippen LogP contribution in [0.3, 0.4) is 0 Å². The number of hydrogen-bond acceptors (Lipinski definition) is 5. The first-order chi connectivity index (χ1) is 21.2. The SMILES string of the molecule is CCC(C1C2CC(CC(OCOC)(C(F)(F)F)C(F)(F)F)C(C2)C1C1C2CC(CC(O)(C(F)(F)F)C(F)(F)F)C(C2)C1C)S(=O)(=O)F. The van der Waals surface area contributed by atoms with Crippen molar-refractivity contribution in [3.8, 4) is 0 Å². The molecule has 0 spiro atoms. The number of fused-ring (bicyclic) bond motifs is 4. The van der Waals surface area contributed by atoms with E-state index in [2.05, 4.69) is 9.47 Å². The molecule has 0 aromatic rings. The van der Waals surface area contributed by atoms with Crippen LogP contribution in [0.25, 0.3) is 0 Å². The molecule has 0 aromatic heterocycles. The van der Waals surface area contributed by atoms with Gasteiger partial charge in [-0.3, -0.25) is 0 Å². The monoisotopic (exact) mass is 732 g/mol. The normalized spacial score (nSPS) is 36.0. The van der Waals surface area contributed by atoms with Gasteiger partial charge in [-0.1, -0.05) is 13.8 Å². The van der Waals surface area contributed by atoms with Crippen LogP contribution in [-0.2, 0) is 19.7 Å². The van der Waals surface area contributed by atoms with E-state index in [4.69, 9.17) is 0 Å². The lowest BCUT2D eigenvalue weighted by atomic mass is 9.58. The van der Waals surface area contributed by atoms with E-state index in [0.717, 1.165) is 7.11 Å². The minimum absolute atomic E-state index is 0.0337. The summed E-state index contributed by atoms with van der Waals surface area (Å²) in [6.07, 6.45) is -28.2. The van der Waals surface area contributed by atoms with Crippen LogP contribution in [0.2, 0.25) is 0 Å². The first kappa shape index (κ1) is 38.7. The van der Waals surface area contributed by atoms with E-state index in [1.807, 2.05) is 0 Å². The molecule has 0 amide bonds. The molecule has 5 nitrogen and oxygen atoms in total. The van der Waals surface area contributed by atoms with Gasteiger partial charge in [-0.25, -0.2) is 0 Å². The molecule has 47 heavy (non-hydrogen) atoms. The first-order valence-electron chi connectivity index (χ1n) is 15.2. The maximum Gasteiger partial charge on any atom is 0.426 e. The van der Waals surface area contributed by atoms with E-state index < -0.39 is 130 Å². The Morgan fingerprint density at radius 3 is 1.66 bits per heavy atom. The quantitative estimate of drug-likeness (QED) is 0.133. The van der Waals surface area contributed by atoms with Gasteiger partial charge in [0.25, 0.3) is 11.2 Å². The molecule has 19 heteroatoms. The van der Waals surface area contributed by atoms with Crippen LogP contribution >= 0.6 is 0 Å². The van der Waals surface area contributed by atoms with Gasteiger partial charge in [-0.2, -0.15) is 61.1 Å². The minimum atomic E-state index is -6.06. The fourth-order valence-corrected chi connectivity index (χ4v) is 11.4. The van der Waals surface area contributed by atoms with Gasteiger partial charge in [-0.05, 0) is 104 Å². The molecule has 4 aliphatic carbocycles. The zero-order chi connectivity index (χ0) is 35.9. The highest BCUT2D eigenvalue weighted by Gasteiger charge is 2.75. The van der Waals surface area contributed by atoms with E-state index in [1.165, 1.54) is 13.8 Å². The Kier molecular flexibility index (Phi) is 10.1. The van der Waals surface area contributed by atoms with Crippen LogP contribution in [-0.4, -0.2) is 68.6 Å². The summed E-state index contributed by atoms with van der Waals surface area (Å²) in [5.74, 6) is -9.48. The maximum absolute atomic E-state index is 14.7. The van der Waals surface area contributed by atoms with Crippen molar-refractivity contribution in [3.05, 3.63) is 0 Å². The van der Waals surface area contributed by atoms with Gasteiger partial charge in [0, 0.05) is 7.11 Å². The molecule has 4 rings (SSSR count). The second kappa shape index (κ2) is 12.3. The third-order valence-electron chi connectivity index (χ3n) is 11.9. The van der Waals surface area contributed by atoms with Crippen LogP contribution in [0.4, 0.5) is 56.6 Å². The molecule has 4 bridgehead atoms. The Balaban J connectivity index is 1.71. The standard InChI is InChI=1S/C28H37F13O5S/c1-4-19(47(41,43)44)21-14-6-16(10-24(27(35,36)37,28(38,39)40)46-11-45-3)18(8-14)22(21)20-12(2)17-7-13(20)5-15(17)9-23(42,25(29,30)31)26(32,33)34/h12-22,42H,4-11H2,1-3H3. The predicted molar refractivity (Wildman–Crippen MR) is 137 cm³/mol. The van der Waals surface area contributed by atoms with Gasteiger partial charge in [0.05, 0.1) is 5.25 Å². The van der Waals surface area contributed by atoms with E-state index in [1.54, 1.807) is 0 Å². The lowest BCUT2D eigenvalue weighted by molar-refractivity contribution is -0.397. The molecular formula is C28H37F13O5S. The van der Waals surface area contributed by atoms with Crippen molar-refractivity contribution < 1.29 is 79.6 Å². The number of rotatable bonds is 11. The zero-order valence-corrected chi connectivity index (χ0v) is 26.2. The summed E-state index contributed by atoms with van der Waals surface area (Å²) >= 11 is 0. The average Bonchev–Trinajstić information content (AvgIpc) is 3.63. The maximum atomic E-state index is 14.7.